The summed E-state index contributed by atoms with van der Waals surface area (Å²) in [6, 6.07) is 10.7. The van der Waals surface area contributed by atoms with Crippen molar-refractivity contribution in [2.24, 2.45) is 7.05 Å². The summed E-state index contributed by atoms with van der Waals surface area (Å²) in [7, 11) is 1.79. The molecule has 20 heavy (non-hydrogen) atoms. The van der Waals surface area contributed by atoms with Crippen LogP contribution in [0, 0.1) is 11.3 Å². The molecule has 1 heterocycles. The first-order valence-corrected chi connectivity index (χ1v) is 7.17. The topological polar surface area (TPSA) is 45.8 Å². The first-order chi connectivity index (χ1) is 9.45. The molecule has 2 aromatic rings. The van der Waals surface area contributed by atoms with E-state index in [0.29, 0.717) is 20.8 Å². The molecule has 0 radical (unpaired) electrons. The zero-order chi connectivity index (χ0) is 14.9. The normalized spacial score (nSPS) is 11.9. The van der Waals surface area contributed by atoms with Gasteiger partial charge in [-0.1, -0.05) is 11.6 Å². The summed E-state index contributed by atoms with van der Waals surface area (Å²) in [4.78, 5) is 12.5. The van der Waals surface area contributed by atoms with Crippen LogP contribution in [-0.2, 0) is 7.05 Å². The van der Waals surface area contributed by atoms with E-state index in [9.17, 15) is 4.79 Å². The van der Waals surface area contributed by atoms with Gasteiger partial charge < -0.3 is 4.57 Å². The second-order valence-electron chi connectivity index (χ2n) is 4.51. The number of nitrogens with zero attached hydrogens (tertiary/aromatic N) is 2. The Bertz CT molecular complexity index is 698. The van der Waals surface area contributed by atoms with Gasteiger partial charge in [0.05, 0.1) is 12.0 Å². The molecule has 0 bridgehead atoms. The molecule has 0 aliphatic rings. The minimum absolute atomic E-state index is 0.104. The maximum atomic E-state index is 12.5. The highest BCUT2D eigenvalue weighted by Crippen LogP contribution is 2.28. The summed E-state index contributed by atoms with van der Waals surface area (Å²) in [6.07, 6.45) is 0. The van der Waals surface area contributed by atoms with Crippen LogP contribution in [-0.4, -0.2) is 10.4 Å². The highest BCUT2D eigenvalue weighted by molar-refractivity contribution is 9.10. The van der Waals surface area contributed by atoms with Gasteiger partial charge in [-0.15, -0.1) is 0 Å². The van der Waals surface area contributed by atoms with Gasteiger partial charge in [0, 0.05) is 27.8 Å². The highest BCUT2D eigenvalue weighted by atomic mass is 79.9. The van der Waals surface area contributed by atoms with Crippen LogP contribution in [0.5, 0.6) is 0 Å². The third-order valence-corrected chi connectivity index (χ3v) is 4.04. The van der Waals surface area contributed by atoms with E-state index >= 15 is 0 Å². The van der Waals surface area contributed by atoms with Crippen molar-refractivity contribution in [3.8, 4) is 6.07 Å². The Morgan fingerprint density at radius 1 is 1.40 bits per heavy atom. The summed E-state index contributed by atoms with van der Waals surface area (Å²) >= 11 is 9.23. The number of nitriles is 1. The average molecular weight is 352 g/mol. The van der Waals surface area contributed by atoms with Crippen molar-refractivity contribution in [3.05, 3.63) is 56.8 Å². The standard InChI is InChI=1S/C15H12BrClN2O/c1-9(8-18)13-7-12(16)14(19(13)2)15(20)10-3-5-11(17)6-4-10/h3-7,9H,1-2H3. The fraction of sp³-hybridized carbons (Fsp3) is 0.200. The number of aromatic nitrogens is 1. The summed E-state index contributed by atoms with van der Waals surface area (Å²) in [5.74, 6) is -0.379. The number of benzene rings is 1. The molecule has 1 atom stereocenters. The third kappa shape index (κ3) is 2.65. The number of hydrogen-bond acceptors (Lipinski definition) is 2. The molecule has 0 aliphatic heterocycles. The number of halogens is 2. The van der Waals surface area contributed by atoms with Gasteiger partial charge in [0.25, 0.3) is 0 Å². The van der Waals surface area contributed by atoms with Gasteiger partial charge in [0.15, 0.2) is 0 Å². The molecule has 0 aliphatic carbocycles. The third-order valence-electron chi connectivity index (χ3n) is 3.18. The van der Waals surface area contributed by atoms with Gasteiger partial charge in [-0.2, -0.15) is 5.26 Å². The van der Waals surface area contributed by atoms with E-state index in [4.69, 9.17) is 16.9 Å². The van der Waals surface area contributed by atoms with Gasteiger partial charge in [-0.3, -0.25) is 4.79 Å². The summed E-state index contributed by atoms with van der Waals surface area (Å²) in [6.45, 7) is 1.80. The number of hydrogen-bond donors (Lipinski definition) is 0. The van der Waals surface area contributed by atoms with Crippen LogP contribution in [0.15, 0.2) is 34.8 Å². The van der Waals surface area contributed by atoms with Crippen LogP contribution < -0.4 is 0 Å². The first-order valence-electron chi connectivity index (χ1n) is 6.00. The molecule has 3 nitrogen and oxygen atoms in total. The molecule has 0 N–H and O–H groups in total. The zero-order valence-corrected chi connectivity index (χ0v) is 13.4. The van der Waals surface area contributed by atoms with E-state index in [0.717, 1.165) is 5.69 Å². The van der Waals surface area contributed by atoms with Gasteiger partial charge >= 0.3 is 0 Å². The van der Waals surface area contributed by atoms with Crippen molar-refractivity contribution < 1.29 is 4.79 Å². The van der Waals surface area contributed by atoms with Gasteiger partial charge in [0.2, 0.25) is 5.78 Å². The molecule has 0 fully saturated rings. The fourth-order valence-electron chi connectivity index (χ4n) is 2.06. The Morgan fingerprint density at radius 2 is 2.00 bits per heavy atom. The van der Waals surface area contributed by atoms with E-state index in [-0.39, 0.29) is 11.7 Å². The molecule has 0 saturated carbocycles. The van der Waals surface area contributed by atoms with Crippen LogP contribution in [0.2, 0.25) is 5.02 Å². The lowest BCUT2D eigenvalue weighted by atomic mass is 10.1. The molecule has 0 saturated heterocycles. The number of carbonyl (C=O) groups is 1. The van der Waals surface area contributed by atoms with E-state index in [1.54, 1.807) is 42.8 Å². The van der Waals surface area contributed by atoms with Crippen LogP contribution >= 0.6 is 27.5 Å². The van der Waals surface area contributed by atoms with Gasteiger partial charge in [0.1, 0.15) is 5.69 Å². The number of rotatable bonds is 3. The summed E-state index contributed by atoms with van der Waals surface area (Å²) < 4.78 is 2.45. The first kappa shape index (κ1) is 14.8. The minimum atomic E-state index is -0.275. The van der Waals surface area contributed by atoms with Gasteiger partial charge in [-0.05, 0) is 53.2 Å². The SMILES string of the molecule is CC(C#N)c1cc(Br)c(C(=O)c2ccc(Cl)cc2)n1C. The summed E-state index contributed by atoms with van der Waals surface area (Å²) in [5.41, 5.74) is 1.90. The second kappa shape index (κ2) is 5.82. The molecule has 1 aromatic heterocycles. The molecular weight excluding hydrogens is 340 g/mol. The predicted molar refractivity (Wildman–Crippen MR) is 82.0 cm³/mol. The van der Waals surface area contributed by atoms with Crippen molar-refractivity contribution in [2.45, 2.75) is 12.8 Å². The molecule has 102 valence electrons. The van der Waals surface area contributed by atoms with Crippen molar-refractivity contribution in [1.82, 2.24) is 4.57 Å². The summed E-state index contributed by atoms with van der Waals surface area (Å²) in [5, 5.41) is 9.61. The van der Waals surface area contributed by atoms with Gasteiger partial charge in [-0.25, -0.2) is 0 Å². The smallest absolute Gasteiger partial charge is 0.210 e. The molecule has 5 heteroatoms. The zero-order valence-electron chi connectivity index (χ0n) is 11.0. The Hall–Kier alpha value is -1.57. The molecular formula is C15H12BrClN2O. The van der Waals surface area contributed by atoms with E-state index in [2.05, 4.69) is 22.0 Å². The quantitative estimate of drug-likeness (QED) is 0.774. The molecule has 1 unspecified atom stereocenters. The lowest BCUT2D eigenvalue weighted by Gasteiger charge is -2.08. The molecule has 1 aromatic carbocycles. The largest absolute Gasteiger partial charge is 0.343 e. The Labute approximate surface area is 130 Å². The van der Waals surface area contributed by atoms with Crippen LogP contribution in [0.3, 0.4) is 0 Å². The molecule has 0 amide bonds. The maximum Gasteiger partial charge on any atom is 0.210 e. The van der Waals surface area contributed by atoms with Crippen LogP contribution in [0.25, 0.3) is 0 Å². The predicted octanol–water partition coefficient (Wildman–Crippen LogP) is 4.30. The van der Waals surface area contributed by atoms with E-state index < -0.39 is 0 Å². The lowest BCUT2D eigenvalue weighted by molar-refractivity contribution is 0.103. The molecule has 2 rings (SSSR count). The van der Waals surface area contributed by atoms with Crippen molar-refractivity contribution in [2.75, 3.05) is 0 Å². The van der Waals surface area contributed by atoms with Crippen molar-refractivity contribution in [1.29, 1.82) is 5.26 Å². The van der Waals surface area contributed by atoms with Crippen LogP contribution in [0.1, 0.15) is 34.6 Å². The Balaban J connectivity index is 2.48. The number of carbonyl (C=O) groups excluding carboxylic acids is 1. The van der Waals surface area contributed by atoms with Crippen molar-refractivity contribution >= 4 is 33.3 Å². The highest BCUT2D eigenvalue weighted by Gasteiger charge is 2.21. The second-order valence-corrected chi connectivity index (χ2v) is 5.80. The Morgan fingerprint density at radius 3 is 2.55 bits per heavy atom. The fourth-order valence-corrected chi connectivity index (χ4v) is 2.87. The minimum Gasteiger partial charge on any atom is -0.343 e. The Kier molecular flexibility index (Phi) is 4.32. The van der Waals surface area contributed by atoms with Crippen molar-refractivity contribution in [3.63, 3.8) is 0 Å². The monoisotopic (exact) mass is 350 g/mol. The van der Waals surface area contributed by atoms with E-state index in [1.807, 2.05) is 6.07 Å². The maximum absolute atomic E-state index is 12.5. The lowest BCUT2D eigenvalue weighted by Crippen LogP contribution is -2.10. The molecule has 0 spiro atoms. The van der Waals surface area contributed by atoms with Crippen LogP contribution in [0.4, 0.5) is 0 Å². The number of ketones is 1. The average Bonchev–Trinajstić information content (AvgIpc) is 2.73. The van der Waals surface area contributed by atoms with E-state index in [1.165, 1.54) is 0 Å².